The lowest BCUT2D eigenvalue weighted by molar-refractivity contribution is -0.117. The lowest BCUT2D eigenvalue weighted by atomic mass is 10.3. The predicted molar refractivity (Wildman–Crippen MR) is 78.5 cm³/mol. The number of carbonyl (C=O) groups is 2. The zero-order valence-electron chi connectivity index (χ0n) is 11.1. The number of anilines is 1. The number of amides is 2. The average Bonchev–Trinajstić information content (AvgIpc) is 2.44. The van der Waals surface area contributed by atoms with Crippen molar-refractivity contribution in [3.8, 4) is 0 Å². The molecule has 1 aliphatic heterocycles. The van der Waals surface area contributed by atoms with Gasteiger partial charge in [-0.3, -0.25) is 9.59 Å². The molecule has 6 heteroatoms. The minimum atomic E-state index is -0.290. The Kier molecular flexibility index (Phi) is 5.20. The van der Waals surface area contributed by atoms with E-state index in [1.807, 2.05) is 31.2 Å². The van der Waals surface area contributed by atoms with Gasteiger partial charge < -0.3 is 15.4 Å². The second kappa shape index (κ2) is 7.12. The first-order chi connectivity index (χ1) is 9.70. The van der Waals surface area contributed by atoms with E-state index in [-0.39, 0.29) is 11.8 Å². The van der Waals surface area contributed by atoms with E-state index in [1.54, 1.807) is 0 Å². The Morgan fingerprint density at radius 2 is 2.25 bits per heavy atom. The Morgan fingerprint density at radius 1 is 1.45 bits per heavy atom. The van der Waals surface area contributed by atoms with Crippen molar-refractivity contribution in [1.82, 2.24) is 5.32 Å². The number of hydrogen-bond acceptors (Lipinski definition) is 4. The largest absolute Gasteiger partial charge is 0.380 e. The molecule has 0 bridgehead atoms. The maximum absolute atomic E-state index is 11.9. The van der Waals surface area contributed by atoms with Crippen LogP contribution in [0.25, 0.3) is 0 Å². The summed E-state index contributed by atoms with van der Waals surface area (Å²) in [5.41, 5.74) is 0.774. The highest BCUT2D eigenvalue weighted by atomic mass is 32.2. The van der Waals surface area contributed by atoms with Crippen molar-refractivity contribution in [2.75, 3.05) is 25.1 Å². The summed E-state index contributed by atoms with van der Waals surface area (Å²) in [7, 11) is 0. The van der Waals surface area contributed by atoms with Crippen LogP contribution in [0.1, 0.15) is 6.92 Å². The van der Waals surface area contributed by atoms with Gasteiger partial charge in [-0.15, -0.1) is 0 Å². The fourth-order valence-corrected chi connectivity index (χ4v) is 2.59. The van der Waals surface area contributed by atoms with Gasteiger partial charge >= 0.3 is 0 Å². The van der Waals surface area contributed by atoms with Crippen molar-refractivity contribution in [1.29, 1.82) is 0 Å². The molecule has 0 aromatic heterocycles. The van der Waals surface area contributed by atoms with Crippen LogP contribution in [0, 0.1) is 0 Å². The number of para-hydroxylation sites is 1. The van der Waals surface area contributed by atoms with E-state index in [2.05, 4.69) is 10.6 Å². The van der Waals surface area contributed by atoms with Crippen LogP contribution in [0.5, 0.6) is 0 Å². The van der Waals surface area contributed by atoms with Crippen molar-refractivity contribution in [2.24, 2.45) is 0 Å². The molecule has 1 aromatic rings. The van der Waals surface area contributed by atoms with E-state index in [0.717, 1.165) is 10.6 Å². The van der Waals surface area contributed by atoms with Crippen molar-refractivity contribution in [2.45, 2.75) is 11.8 Å². The third-order valence-electron chi connectivity index (χ3n) is 2.59. The normalized spacial score (nSPS) is 15.7. The van der Waals surface area contributed by atoms with Crippen LogP contribution in [0.15, 0.2) is 40.1 Å². The first kappa shape index (κ1) is 14.6. The summed E-state index contributed by atoms with van der Waals surface area (Å²) in [5, 5.41) is 5.43. The summed E-state index contributed by atoms with van der Waals surface area (Å²) in [6.45, 7) is 3.41. The number of ether oxygens (including phenoxy) is 1. The third-order valence-corrected chi connectivity index (χ3v) is 3.69. The summed E-state index contributed by atoms with van der Waals surface area (Å²) in [4.78, 5) is 24.9. The van der Waals surface area contributed by atoms with E-state index in [4.69, 9.17) is 4.74 Å². The van der Waals surface area contributed by atoms with E-state index in [9.17, 15) is 9.59 Å². The summed E-state index contributed by atoms with van der Waals surface area (Å²) in [6.07, 6.45) is 1.32. The van der Waals surface area contributed by atoms with Crippen molar-refractivity contribution in [3.63, 3.8) is 0 Å². The second-order valence-corrected chi connectivity index (χ2v) is 5.13. The van der Waals surface area contributed by atoms with Gasteiger partial charge in [0.25, 0.3) is 5.91 Å². The monoisotopic (exact) mass is 292 g/mol. The van der Waals surface area contributed by atoms with E-state index in [1.165, 1.54) is 17.8 Å². The summed E-state index contributed by atoms with van der Waals surface area (Å²) < 4.78 is 5.12. The van der Waals surface area contributed by atoms with Crippen LogP contribution in [0.3, 0.4) is 0 Å². The lowest BCUT2D eigenvalue weighted by Crippen LogP contribution is -2.27. The molecule has 0 radical (unpaired) electrons. The molecule has 0 saturated carbocycles. The predicted octanol–water partition coefficient (Wildman–Crippen LogP) is 1.77. The third kappa shape index (κ3) is 3.85. The van der Waals surface area contributed by atoms with Gasteiger partial charge in [-0.1, -0.05) is 23.9 Å². The van der Waals surface area contributed by atoms with E-state index in [0.29, 0.717) is 24.7 Å². The average molecular weight is 292 g/mol. The SMILES string of the molecule is CCOCCNC(=O)/C=C1/Sc2ccccc2NC1=O. The van der Waals surface area contributed by atoms with Gasteiger partial charge in [0.05, 0.1) is 17.2 Å². The first-order valence-corrected chi connectivity index (χ1v) is 7.18. The van der Waals surface area contributed by atoms with Crippen LogP contribution in [0.2, 0.25) is 0 Å². The quantitative estimate of drug-likeness (QED) is 0.641. The molecule has 1 aromatic carbocycles. The Morgan fingerprint density at radius 3 is 3.05 bits per heavy atom. The highest BCUT2D eigenvalue weighted by Crippen LogP contribution is 2.37. The standard InChI is InChI=1S/C14H16N2O3S/c1-2-19-8-7-15-13(17)9-12-14(18)16-10-5-3-4-6-11(10)20-12/h3-6,9H,2,7-8H2,1H3,(H,15,17)(H,16,18)/b12-9+. The maximum atomic E-state index is 11.9. The molecule has 0 unspecified atom stereocenters. The highest BCUT2D eigenvalue weighted by molar-refractivity contribution is 8.04. The fraction of sp³-hybridized carbons (Fsp3) is 0.286. The molecule has 20 heavy (non-hydrogen) atoms. The smallest absolute Gasteiger partial charge is 0.262 e. The van der Waals surface area contributed by atoms with Gasteiger partial charge in [0.15, 0.2) is 0 Å². The molecule has 2 N–H and O–H groups in total. The number of rotatable bonds is 5. The number of thioether (sulfide) groups is 1. The summed E-state index contributed by atoms with van der Waals surface area (Å²) >= 11 is 1.29. The Bertz CT molecular complexity index is 543. The van der Waals surface area contributed by atoms with E-state index < -0.39 is 0 Å². The fourth-order valence-electron chi connectivity index (χ4n) is 1.66. The topological polar surface area (TPSA) is 67.4 Å². The molecule has 0 saturated heterocycles. The molecule has 0 atom stereocenters. The maximum Gasteiger partial charge on any atom is 0.262 e. The molecule has 2 rings (SSSR count). The molecular weight excluding hydrogens is 276 g/mol. The molecule has 0 fully saturated rings. The molecule has 2 amide bonds. The first-order valence-electron chi connectivity index (χ1n) is 6.36. The van der Waals surface area contributed by atoms with Crippen molar-refractivity contribution in [3.05, 3.63) is 35.2 Å². The number of carbonyl (C=O) groups excluding carboxylic acids is 2. The van der Waals surface area contributed by atoms with Crippen molar-refractivity contribution < 1.29 is 14.3 Å². The van der Waals surface area contributed by atoms with Crippen molar-refractivity contribution >= 4 is 29.3 Å². The lowest BCUT2D eigenvalue weighted by Gasteiger charge is -2.17. The van der Waals surface area contributed by atoms with Gasteiger partial charge in [-0.2, -0.15) is 0 Å². The van der Waals surface area contributed by atoms with E-state index >= 15 is 0 Å². The second-order valence-electron chi connectivity index (χ2n) is 4.05. The molecule has 5 nitrogen and oxygen atoms in total. The Labute approximate surface area is 121 Å². The molecular formula is C14H16N2O3S. The number of benzene rings is 1. The zero-order chi connectivity index (χ0) is 14.4. The molecule has 106 valence electrons. The van der Waals surface area contributed by atoms with Crippen LogP contribution >= 0.6 is 11.8 Å². The molecule has 0 spiro atoms. The van der Waals surface area contributed by atoms with Crippen LogP contribution in [-0.2, 0) is 14.3 Å². The molecule has 0 aliphatic carbocycles. The minimum Gasteiger partial charge on any atom is -0.380 e. The van der Waals surface area contributed by atoms with Crippen LogP contribution in [0.4, 0.5) is 5.69 Å². The van der Waals surface area contributed by atoms with Crippen LogP contribution in [-0.4, -0.2) is 31.6 Å². The van der Waals surface area contributed by atoms with Gasteiger partial charge in [0.1, 0.15) is 0 Å². The minimum absolute atomic E-state index is 0.256. The summed E-state index contributed by atoms with van der Waals surface area (Å²) in [6, 6.07) is 7.48. The number of fused-ring (bicyclic) bond motifs is 1. The summed E-state index contributed by atoms with van der Waals surface area (Å²) in [5.74, 6) is -0.546. The van der Waals surface area contributed by atoms with Gasteiger partial charge in [0.2, 0.25) is 5.91 Å². The zero-order valence-corrected chi connectivity index (χ0v) is 12.0. The Hall–Kier alpha value is -1.79. The number of hydrogen-bond donors (Lipinski definition) is 2. The van der Waals surface area contributed by atoms with Gasteiger partial charge in [-0.05, 0) is 19.1 Å². The van der Waals surface area contributed by atoms with Gasteiger partial charge in [-0.25, -0.2) is 0 Å². The molecule has 1 heterocycles. The molecule has 1 aliphatic rings. The highest BCUT2D eigenvalue weighted by Gasteiger charge is 2.21. The van der Waals surface area contributed by atoms with Crippen LogP contribution < -0.4 is 10.6 Å². The Balaban J connectivity index is 1.97. The van der Waals surface area contributed by atoms with Gasteiger partial charge in [0, 0.05) is 24.1 Å². The number of nitrogens with one attached hydrogen (secondary N) is 2.